The van der Waals surface area contributed by atoms with Crippen molar-refractivity contribution in [1.82, 2.24) is 23.7 Å². The number of halogens is 1. The highest BCUT2D eigenvalue weighted by molar-refractivity contribution is 9.10. The molecule has 1 aliphatic rings. The molecule has 1 aliphatic carbocycles. The predicted molar refractivity (Wildman–Crippen MR) is 404 cm³/mol. The van der Waals surface area contributed by atoms with Gasteiger partial charge in [0.1, 0.15) is 11.6 Å². The summed E-state index contributed by atoms with van der Waals surface area (Å²) in [5, 5.41) is 3.60. The first-order valence-corrected chi connectivity index (χ1v) is 33.2. The van der Waals surface area contributed by atoms with E-state index in [1.165, 1.54) is 77.5 Å². The summed E-state index contributed by atoms with van der Waals surface area (Å²) < 4.78 is 6.70. The number of hydrogen-bond donors (Lipinski definition) is 0. The zero-order chi connectivity index (χ0) is 65.2. The fourth-order valence-electron chi connectivity index (χ4n) is 13.4. The summed E-state index contributed by atoms with van der Waals surface area (Å²) in [6, 6.07) is 120. The first kappa shape index (κ1) is 59.6. The van der Waals surface area contributed by atoms with E-state index in [2.05, 4.69) is 239 Å². The van der Waals surface area contributed by atoms with Gasteiger partial charge in [-0.15, -0.1) is 0 Å². The van der Waals surface area contributed by atoms with Crippen molar-refractivity contribution in [2.75, 3.05) is 0 Å². The maximum absolute atomic E-state index is 13.8. The summed E-state index contributed by atoms with van der Waals surface area (Å²) in [6.45, 7) is 0. The molecule has 18 rings (SSSR count). The maximum atomic E-state index is 13.8. The van der Waals surface area contributed by atoms with Gasteiger partial charge < -0.3 is 4.57 Å². The number of hydrogen-bond acceptors (Lipinski definition) is 4. The van der Waals surface area contributed by atoms with Gasteiger partial charge >= 0.3 is 0 Å². The van der Waals surface area contributed by atoms with Gasteiger partial charge in [0, 0.05) is 32.1 Å². The standard InChI is InChI=1S/C44H29N3O.C25H18.C20H13BrN2O/c48-44-37-18-10-11-19-40(37)45-43(47(44)35-16-8-3-9-17-35)32-20-24-36(25-21-32)46-41-26-22-33(30-12-4-1-5-13-30)28-38(41)39-29-34(23-27-42(39)46)31-14-6-2-7-15-31;1-3-7-18(8-4-1)20-11-13-22-15-23-14-12-21(17-25(23)24(22)16-20)19-9-5-2-6-10-19;21-15-12-10-14(11-13-15)19-22-18-9-5-4-8-17(18)20(24)23(19)16-6-2-1-3-7-16/h1-29H;1-14,16-17H,15H2;1-13H. The number of rotatable bonds is 9. The van der Waals surface area contributed by atoms with Crippen LogP contribution in [0.25, 0.3) is 139 Å². The van der Waals surface area contributed by atoms with Crippen LogP contribution in [0.15, 0.2) is 366 Å². The van der Waals surface area contributed by atoms with E-state index < -0.39 is 0 Å². The quantitative estimate of drug-likeness (QED) is 0.144. The Bertz CT molecular complexity index is 5680. The van der Waals surface area contributed by atoms with Crippen LogP contribution in [-0.2, 0) is 6.42 Å². The van der Waals surface area contributed by atoms with Gasteiger partial charge in [0.05, 0.1) is 44.2 Å². The molecule has 97 heavy (non-hydrogen) atoms. The number of fused-ring (bicyclic) bond motifs is 8. The van der Waals surface area contributed by atoms with Crippen LogP contribution >= 0.6 is 15.9 Å². The number of nitrogens with zero attached hydrogens (tertiary/aromatic N) is 5. The van der Waals surface area contributed by atoms with E-state index in [1.54, 1.807) is 9.13 Å². The molecule has 8 heteroatoms. The van der Waals surface area contributed by atoms with E-state index in [0.29, 0.717) is 33.5 Å². The lowest BCUT2D eigenvalue weighted by Gasteiger charge is -2.15. The molecule has 17 aromatic rings. The number of aromatic nitrogens is 5. The molecule has 14 aromatic carbocycles. The second-order valence-electron chi connectivity index (χ2n) is 24.1. The Hall–Kier alpha value is -12.4. The van der Waals surface area contributed by atoms with Crippen molar-refractivity contribution in [2.24, 2.45) is 0 Å². The number of para-hydroxylation sites is 4. The molecule has 0 atom stereocenters. The van der Waals surface area contributed by atoms with Crippen molar-refractivity contribution in [3.05, 3.63) is 388 Å². The Morgan fingerprint density at radius 3 is 0.959 bits per heavy atom. The summed E-state index contributed by atoms with van der Waals surface area (Å²) in [4.78, 5) is 36.7. The van der Waals surface area contributed by atoms with Crippen molar-refractivity contribution in [3.8, 4) is 95.5 Å². The largest absolute Gasteiger partial charge is 0.309 e. The summed E-state index contributed by atoms with van der Waals surface area (Å²) in [5.41, 5.74) is 23.4. The molecule has 0 saturated carbocycles. The molecule has 0 amide bonds. The number of benzene rings is 14. The van der Waals surface area contributed by atoms with Gasteiger partial charge in [-0.1, -0.05) is 246 Å². The Morgan fingerprint density at radius 2 is 0.567 bits per heavy atom. The third kappa shape index (κ3) is 11.8. The monoisotopic (exact) mass is 1310 g/mol. The molecule has 0 bridgehead atoms. The van der Waals surface area contributed by atoms with Gasteiger partial charge in [-0.3, -0.25) is 18.7 Å². The fourth-order valence-corrected chi connectivity index (χ4v) is 13.6. The Kier molecular flexibility index (Phi) is 16.1. The van der Waals surface area contributed by atoms with Crippen molar-refractivity contribution in [1.29, 1.82) is 0 Å². The molecular weight excluding hydrogens is 1250 g/mol. The normalized spacial score (nSPS) is 11.4. The van der Waals surface area contributed by atoms with Crippen LogP contribution in [0.5, 0.6) is 0 Å². The first-order chi connectivity index (χ1) is 47.8. The molecule has 0 radical (unpaired) electrons. The summed E-state index contributed by atoms with van der Waals surface area (Å²) >= 11 is 3.45. The molecule has 0 saturated heterocycles. The lowest BCUT2D eigenvalue weighted by molar-refractivity contribution is 0.975. The van der Waals surface area contributed by atoms with Gasteiger partial charge in [-0.25, -0.2) is 9.97 Å². The predicted octanol–water partition coefficient (Wildman–Crippen LogP) is 21.9. The minimum atomic E-state index is -0.0864. The van der Waals surface area contributed by atoms with E-state index in [1.807, 2.05) is 133 Å². The maximum Gasteiger partial charge on any atom is 0.266 e. The highest BCUT2D eigenvalue weighted by Crippen LogP contribution is 2.42. The Balaban J connectivity index is 0.000000126. The minimum absolute atomic E-state index is 0.0651. The van der Waals surface area contributed by atoms with Crippen molar-refractivity contribution < 1.29 is 0 Å². The second-order valence-corrected chi connectivity index (χ2v) is 25.0. The van der Waals surface area contributed by atoms with Gasteiger partial charge in [-0.2, -0.15) is 0 Å². The lowest BCUT2D eigenvalue weighted by atomic mass is 9.96. The van der Waals surface area contributed by atoms with E-state index >= 15 is 0 Å². The molecular formula is C89H60BrN5O2. The van der Waals surface area contributed by atoms with Crippen molar-refractivity contribution >= 4 is 59.5 Å². The van der Waals surface area contributed by atoms with E-state index in [0.717, 1.165) is 50.1 Å². The summed E-state index contributed by atoms with van der Waals surface area (Å²) in [6.07, 6.45) is 1.04. The molecule has 0 N–H and O–H groups in total. The minimum Gasteiger partial charge on any atom is -0.309 e. The zero-order valence-electron chi connectivity index (χ0n) is 52.6. The highest BCUT2D eigenvalue weighted by atomic mass is 79.9. The topological polar surface area (TPSA) is 74.7 Å². The van der Waals surface area contributed by atoms with Crippen LogP contribution in [-0.4, -0.2) is 23.7 Å². The van der Waals surface area contributed by atoms with Crippen LogP contribution in [0.2, 0.25) is 0 Å². The average molecular weight is 1310 g/mol. The van der Waals surface area contributed by atoms with Crippen LogP contribution in [0.3, 0.4) is 0 Å². The molecule has 0 unspecified atom stereocenters. The van der Waals surface area contributed by atoms with Crippen LogP contribution in [0.1, 0.15) is 11.1 Å². The molecule has 3 heterocycles. The molecule has 0 aliphatic heterocycles. The van der Waals surface area contributed by atoms with Crippen LogP contribution in [0, 0.1) is 0 Å². The van der Waals surface area contributed by atoms with Gasteiger partial charge in [0.25, 0.3) is 11.1 Å². The SMILES string of the molecule is O=c1c2ccccc2nc(-c2ccc(-n3c4ccc(-c5ccccc5)cc4c4cc(-c5ccccc5)ccc43)cc2)n1-c1ccccc1.O=c1c2ccccc2nc(-c2ccc(Br)cc2)n1-c1ccccc1.c1ccc(-c2ccc3c(c2)-c2cc(-c4ccccc4)ccc2C3)cc1. The van der Waals surface area contributed by atoms with E-state index in [-0.39, 0.29) is 11.1 Å². The third-order valence-electron chi connectivity index (χ3n) is 18.2. The fraction of sp³-hybridized carbons (Fsp3) is 0.0112. The van der Waals surface area contributed by atoms with Gasteiger partial charge in [0.15, 0.2) is 0 Å². The van der Waals surface area contributed by atoms with Gasteiger partial charge in [0.2, 0.25) is 0 Å². The van der Waals surface area contributed by atoms with E-state index in [4.69, 9.17) is 9.97 Å². The first-order valence-electron chi connectivity index (χ1n) is 32.4. The second kappa shape index (κ2) is 26.2. The zero-order valence-corrected chi connectivity index (χ0v) is 54.2. The Morgan fingerprint density at radius 1 is 0.258 bits per heavy atom. The van der Waals surface area contributed by atoms with Crippen LogP contribution < -0.4 is 11.1 Å². The van der Waals surface area contributed by atoms with Crippen LogP contribution in [0.4, 0.5) is 0 Å². The summed E-state index contributed by atoms with van der Waals surface area (Å²) in [5.74, 6) is 1.25. The molecule has 460 valence electrons. The smallest absolute Gasteiger partial charge is 0.266 e. The summed E-state index contributed by atoms with van der Waals surface area (Å²) in [7, 11) is 0. The van der Waals surface area contributed by atoms with Crippen molar-refractivity contribution in [2.45, 2.75) is 6.42 Å². The molecule has 0 spiro atoms. The van der Waals surface area contributed by atoms with Gasteiger partial charge in [-0.05, 0) is 195 Å². The molecule has 0 fully saturated rings. The van der Waals surface area contributed by atoms with Crippen molar-refractivity contribution in [3.63, 3.8) is 0 Å². The Labute approximate surface area is 569 Å². The average Bonchev–Trinajstić information content (AvgIpc) is 1.69. The highest BCUT2D eigenvalue weighted by Gasteiger charge is 2.22. The third-order valence-corrected chi connectivity index (χ3v) is 18.7. The molecule has 7 nitrogen and oxygen atoms in total. The lowest BCUT2D eigenvalue weighted by Crippen LogP contribution is -2.21. The van der Waals surface area contributed by atoms with E-state index in [9.17, 15) is 9.59 Å². The molecule has 3 aromatic heterocycles.